The number of rotatable bonds is 4. The van der Waals surface area contributed by atoms with E-state index in [1.54, 1.807) is 50.6 Å². The van der Waals surface area contributed by atoms with E-state index >= 15 is 0 Å². The first kappa shape index (κ1) is 13.4. The Kier molecular flexibility index (Phi) is 4.02. The van der Waals surface area contributed by atoms with Gasteiger partial charge in [0, 0.05) is 0 Å². The maximum absolute atomic E-state index is 6.08. The highest BCUT2D eigenvalue weighted by Crippen LogP contribution is 2.43. The number of hydrogen-bond acceptors (Lipinski definition) is 4. The van der Waals surface area contributed by atoms with Gasteiger partial charge in [-0.3, -0.25) is 0 Å². The minimum atomic E-state index is 0.381. The molecular weight excluding hydrogens is 266 g/mol. The standard InChI is InChI=1S/C14H14ClNO3/c1-17-11-7-4-8-12(18-2)14(11)19-13-9(15)5-3-6-10(13)16/h3-8H,16H2,1-2H3. The van der Waals surface area contributed by atoms with Gasteiger partial charge in [-0.05, 0) is 24.3 Å². The fourth-order valence-electron chi connectivity index (χ4n) is 1.65. The SMILES string of the molecule is COc1cccc(OC)c1Oc1c(N)cccc1Cl. The van der Waals surface area contributed by atoms with Crippen LogP contribution >= 0.6 is 11.6 Å². The quantitative estimate of drug-likeness (QED) is 0.867. The number of para-hydroxylation sites is 2. The van der Waals surface area contributed by atoms with Crippen molar-refractivity contribution in [3.63, 3.8) is 0 Å². The molecule has 19 heavy (non-hydrogen) atoms. The van der Waals surface area contributed by atoms with Gasteiger partial charge in [-0.2, -0.15) is 0 Å². The zero-order valence-corrected chi connectivity index (χ0v) is 11.4. The molecule has 0 saturated carbocycles. The molecule has 0 aliphatic rings. The molecule has 100 valence electrons. The lowest BCUT2D eigenvalue weighted by atomic mass is 10.2. The van der Waals surface area contributed by atoms with Crippen LogP contribution in [0.5, 0.6) is 23.0 Å². The third-order valence-corrected chi connectivity index (χ3v) is 2.88. The first-order valence-electron chi connectivity index (χ1n) is 5.60. The molecule has 0 radical (unpaired) electrons. The van der Waals surface area contributed by atoms with Crippen LogP contribution in [-0.2, 0) is 0 Å². The Morgan fingerprint density at radius 1 is 0.895 bits per heavy atom. The summed E-state index contributed by atoms with van der Waals surface area (Å²) in [7, 11) is 3.11. The van der Waals surface area contributed by atoms with E-state index in [0.29, 0.717) is 33.7 Å². The van der Waals surface area contributed by atoms with Gasteiger partial charge >= 0.3 is 0 Å². The molecule has 5 heteroatoms. The van der Waals surface area contributed by atoms with Gasteiger partial charge in [0.15, 0.2) is 17.2 Å². The van der Waals surface area contributed by atoms with Gasteiger partial charge < -0.3 is 19.9 Å². The van der Waals surface area contributed by atoms with Gasteiger partial charge in [-0.15, -0.1) is 0 Å². The van der Waals surface area contributed by atoms with E-state index in [-0.39, 0.29) is 0 Å². The van der Waals surface area contributed by atoms with E-state index in [2.05, 4.69) is 0 Å². The molecule has 2 rings (SSSR count). The normalized spacial score (nSPS) is 10.1. The Bertz CT molecular complexity index is 544. The fraction of sp³-hybridized carbons (Fsp3) is 0.143. The Balaban J connectivity index is 2.48. The molecule has 0 spiro atoms. The maximum atomic E-state index is 6.08. The van der Waals surface area contributed by atoms with Gasteiger partial charge in [-0.25, -0.2) is 0 Å². The van der Waals surface area contributed by atoms with Crippen LogP contribution in [0.4, 0.5) is 5.69 Å². The monoisotopic (exact) mass is 279 g/mol. The summed E-state index contributed by atoms with van der Waals surface area (Å²) in [6.07, 6.45) is 0. The molecule has 0 aliphatic carbocycles. The lowest BCUT2D eigenvalue weighted by molar-refractivity contribution is 0.347. The van der Waals surface area contributed by atoms with Crippen LogP contribution in [0.1, 0.15) is 0 Å². The van der Waals surface area contributed by atoms with Crippen LogP contribution < -0.4 is 19.9 Å². The number of nitrogen functional groups attached to an aromatic ring is 1. The summed E-state index contributed by atoms with van der Waals surface area (Å²) in [6, 6.07) is 10.5. The summed E-state index contributed by atoms with van der Waals surface area (Å²) in [4.78, 5) is 0. The Morgan fingerprint density at radius 3 is 2.00 bits per heavy atom. The topological polar surface area (TPSA) is 53.7 Å². The van der Waals surface area contributed by atoms with Crippen LogP contribution in [0.3, 0.4) is 0 Å². The summed E-state index contributed by atoms with van der Waals surface area (Å²) >= 11 is 6.08. The molecule has 0 fully saturated rings. The van der Waals surface area contributed by atoms with E-state index in [1.807, 2.05) is 0 Å². The molecule has 0 aromatic heterocycles. The summed E-state index contributed by atoms with van der Waals surface area (Å²) < 4.78 is 16.3. The minimum absolute atomic E-state index is 0.381. The second kappa shape index (κ2) is 5.71. The van der Waals surface area contributed by atoms with Crippen LogP contribution in [0.2, 0.25) is 5.02 Å². The van der Waals surface area contributed by atoms with Gasteiger partial charge in [-0.1, -0.05) is 23.7 Å². The maximum Gasteiger partial charge on any atom is 0.211 e. The molecule has 0 unspecified atom stereocenters. The lowest BCUT2D eigenvalue weighted by Crippen LogP contribution is -1.97. The highest BCUT2D eigenvalue weighted by molar-refractivity contribution is 6.32. The van der Waals surface area contributed by atoms with Crippen LogP contribution in [0.25, 0.3) is 0 Å². The molecule has 0 aliphatic heterocycles. The van der Waals surface area contributed by atoms with Crippen molar-refractivity contribution in [2.75, 3.05) is 20.0 Å². The molecule has 0 amide bonds. The van der Waals surface area contributed by atoms with Gasteiger partial charge in [0.2, 0.25) is 5.75 Å². The molecule has 2 N–H and O–H groups in total. The van der Waals surface area contributed by atoms with Crippen molar-refractivity contribution >= 4 is 17.3 Å². The largest absolute Gasteiger partial charge is 0.493 e. The van der Waals surface area contributed by atoms with Crippen molar-refractivity contribution in [2.24, 2.45) is 0 Å². The number of anilines is 1. The second-order valence-electron chi connectivity index (χ2n) is 3.75. The van der Waals surface area contributed by atoms with Gasteiger partial charge in [0.1, 0.15) is 0 Å². The molecule has 4 nitrogen and oxygen atoms in total. The predicted molar refractivity (Wildman–Crippen MR) is 75.5 cm³/mol. The number of halogens is 1. The number of hydrogen-bond donors (Lipinski definition) is 1. The number of ether oxygens (including phenoxy) is 3. The summed E-state index contributed by atoms with van der Waals surface area (Å²) in [6.45, 7) is 0. The summed E-state index contributed by atoms with van der Waals surface area (Å²) in [5.41, 5.74) is 6.31. The summed E-state index contributed by atoms with van der Waals surface area (Å²) in [5, 5.41) is 0.424. The first-order chi connectivity index (χ1) is 9.17. The molecule has 0 heterocycles. The highest BCUT2D eigenvalue weighted by atomic mass is 35.5. The van der Waals surface area contributed by atoms with E-state index in [9.17, 15) is 0 Å². The average molecular weight is 280 g/mol. The lowest BCUT2D eigenvalue weighted by Gasteiger charge is -2.15. The van der Waals surface area contributed by atoms with Crippen LogP contribution in [-0.4, -0.2) is 14.2 Å². The van der Waals surface area contributed by atoms with E-state index < -0.39 is 0 Å². The third kappa shape index (κ3) is 2.69. The zero-order chi connectivity index (χ0) is 13.8. The Morgan fingerprint density at radius 2 is 1.47 bits per heavy atom. The first-order valence-corrected chi connectivity index (χ1v) is 5.98. The third-order valence-electron chi connectivity index (χ3n) is 2.58. The highest BCUT2D eigenvalue weighted by Gasteiger charge is 2.15. The van der Waals surface area contributed by atoms with Gasteiger partial charge in [0.05, 0.1) is 24.9 Å². The zero-order valence-electron chi connectivity index (χ0n) is 10.6. The van der Waals surface area contributed by atoms with Crippen molar-refractivity contribution in [3.05, 3.63) is 41.4 Å². The Hall–Kier alpha value is -2.07. The van der Waals surface area contributed by atoms with Crippen LogP contribution in [0.15, 0.2) is 36.4 Å². The molecule has 2 aromatic carbocycles. The second-order valence-corrected chi connectivity index (χ2v) is 4.16. The van der Waals surface area contributed by atoms with Crippen molar-refractivity contribution < 1.29 is 14.2 Å². The predicted octanol–water partition coefficient (Wildman–Crippen LogP) is 3.73. The fourth-order valence-corrected chi connectivity index (χ4v) is 1.87. The van der Waals surface area contributed by atoms with Crippen molar-refractivity contribution in [1.29, 1.82) is 0 Å². The van der Waals surface area contributed by atoms with E-state index in [4.69, 9.17) is 31.5 Å². The Labute approximate surface area is 116 Å². The van der Waals surface area contributed by atoms with Crippen molar-refractivity contribution in [1.82, 2.24) is 0 Å². The van der Waals surface area contributed by atoms with E-state index in [1.165, 1.54) is 0 Å². The summed E-state index contributed by atoms with van der Waals surface area (Å²) in [5.74, 6) is 1.90. The van der Waals surface area contributed by atoms with Crippen molar-refractivity contribution in [2.45, 2.75) is 0 Å². The average Bonchev–Trinajstić information content (AvgIpc) is 2.42. The minimum Gasteiger partial charge on any atom is -0.493 e. The van der Waals surface area contributed by atoms with Crippen molar-refractivity contribution in [3.8, 4) is 23.0 Å². The van der Waals surface area contributed by atoms with Gasteiger partial charge in [0.25, 0.3) is 0 Å². The smallest absolute Gasteiger partial charge is 0.211 e. The van der Waals surface area contributed by atoms with Crippen LogP contribution in [0, 0.1) is 0 Å². The molecular formula is C14H14ClNO3. The molecule has 2 aromatic rings. The number of nitrogens with two attached hydrogens (primary N) is 1. The number of methoxy groups -OCH3 is 2. The molecule has 0 atom stereocenters. The number of benzene rings is 2. The molecule has 0 saturated heterocycles. The molecule has 0 bridgehead atoms. The van der Waals surface area contributed by atoms with E-state index in [0.717, 1.165) is 0 Å².